The van der Waals surface area contributed by atoms with Crippen molar-refractivity contribution in [3.8, 4) is 5.75 Å². The number of hydrogen-bond acceptors (Lipinski definition) is 4. The van der Waals surface area contributed by atoms with Crippen LogP contribution in [0, 0.1) is 13.8 Å². The van der Waals surface area contributed by atoms with Gasteiger partial charge in [-0.3, -0.25) is 4.79 Å². The van der Waals surface area contributed by atoms with E-state index in [1.807, 2.05) is 80.6 Å². The molecule has 4 rings (SSSR count). The van der Waals surface area contributed by atoms with Crippen molar-refractivity contribution in [2.45, 2.75) is 32.7 Å². The van der Waals surface area contributed by atoms with Crippen molar-refractivity contribution in [1.29, 1.82) is 0 Å². The first kappa shape index (κ1) is 22.3. The standard InChI is InChI=1S/C28H27NO4/c1-18-9-11-21(12-10-18)27(20-7-5-4-6-8-20)29-26(30)16-15-24-19(2)23-14-13-22(32-3)17-25(23)33-28(24)31/h4-14,17,27H,15-16H2,1-3H3,(H,29,30). The summed E-state index contributed by atoms with van der Waals surface area (Å²) in [5, 5.41) is 3.98. The van der Waals surface area contributed by atoms with Gasteiger partial charge in [-0.05, 0) is 49.1 Å². The second-order valence-corrected chi connectivity index (χ2v) is 8.18. The minimum Gasteiger partial charge on any atom is -0.497 e. The number of nitrogens with one attached hydrogen (secondary N) is 1. The Labute approximate surface area is 193 Å². The average molecular weight is 442 g/mol. The number of carbonyl (C=O) groups is 1. The van der Waals surface area contributed by atoms with Crippen molar-refractivity contribution in [3.05, 3.63) is 111 Å². The largest absolute Gasteiger partial charge is 0.497 e. The van der Waals surface area contributed by atoms with Crippen LogP contribution >= 0.6 is 0 Å². The summed E-state index contributed by atoms with van der Waals surface area (Å²) in [6.45, 7) is 3.92. The third-order valence-electron chi connectivity index (χ3n) is 5.95. The Hall–Kier alpha value is -3.86. The third-order valence-corrected chi connectivity index (χ3v) is 5.95. The monoisotopic (exact) mass is 441 g/mol. The number of fused-ring (bicyclic) bond motifs is 1. The van der Waals surface area contributed by atoms with E-state index >= 15 is 0 Å². The zero-order chi connectivity index (χ0) is 23.4. The fraction of sp³-hybridized carbons (Fsp3) is 0.214. The molecule has 1 amide bonds. The summed E-state index contributed by atoms with van der Waals surface area (Å²) in [5.41, 5.74) is 4.59. The van der Waals surface area contributed by atoms with Gasteiger partial charge in [-0.15, -0.1) is 0 Å². The van der Waals surface area contributed by atoms with Crippen LogP contribution in [0.1, 0.15) is 40.3 Å². The van der Waals surface area contributed by atoms with Gasteiger partial charge in [0.05, 0.1) is 13.2 Å². The minimum absolute atomic E-state index is 0.127. The molecular weight excluding hydrogens is 414 g/mol. The van der Waals surface area contributed by atoms with Gasteiger partial charge in [-0.1, -0.05) is 60.2 Å². The molecule has 1 atom stereocenters. The van der Waals surface area contributed by atoms with E-state index in [1.54, 1.807) is 13.2 Å². The van der Waals surface area contributed by atoms with Gasteiger partial charge in [0.1, 0.15) is 11.3 Å². The van der Waals surface area contributed by atoms with E-state index in [9.17, 15) is 9.59 Å². The maximum absolute atomic E-state index is 12.9. The highest BCUT2D eigenvalue weighted by atomic mass is 16.5. The van der Waals surface area contributed by atoms with Crippen molar-refractivity contribution in [2.24, 2.45) is 0 Å². The predicted octanol–water partition coefficient (Wildman–Crippen LogP) is 5.26. The fourth-order valence-electron chi connectivity index (χ4n) is 4.03. The number of methoxy groups -OCH3 is 1. The molecule has 0 saturated heterocycles. The molecule has 3 aromatic carbocycles. The molecule has 5 heteroatoms. The number of hydrogen-bond donors (Lipinski definition) is 1. The molecule has 1 unspecified atom stereocenters. The molecule has 0 aliphatic heterocycles. The Morgan fingerprint density at radius 3 is 2.36 bits per heavy atom. The molecule has 1 N–H and O–H groups in total. The lowest BCUT2D eigenvalue weighted by Gasteiger charge is -2.20. The van der Waals surface area contributed by atoms with Crippen LogP contribution < -0.4 is 15.7 Å². The molecule has 168 valence electrons. The number of carbonyl (C=O) groups excluding carboxylic acids is 1. The second kappa shape index (κ2) is 9.74. The highest BCUT2D eigenvalue weighted by Crippen LogP contribution is 2.25. The molecule has 0 spiro atoms. The lowest BCUT2D eigenvalue weighted by atomic mass is 9.97. The molecule has 1 heterocycles. The fourth-order valence-corrected chi connectivity index (χ4v) is 4.03. The minimum atomic E-state index is -0.417. The number of rotatable bonds is 7. The third kappa shape index (κ3) is 4.98. The lowest BCUT2D eigenvalue weighted by Crippen LogP contribution is -2.30. The Morgan fingerprint density at radius 1 is 0.970 bits per heavy atom. The number of amides is 1. The number of benzene rings is 3. The van der Waals surface area contributed by atoms with Gasteiger partial charge in [0.25, 0.3) is 0 Å². The van der Waals surface area contributed by atoms with Crippen LogP contribution in [0.2, 0.25) is 0 Å². The van der Waals surface area contributed by atoms with Crippen molar-refractivity contribution < 1.29 is 13.9 Å². The van der Waals surface area contributed by atoms with E-state index in [0.717, 1.165) is 27.6 Å². The zero-order valence-corrected chi connectivity index (χ0v) is 19.1. The molecule has 0 radical (unpaired) electrons. The van der Waals surface area contributed by atoms with Crippen LogP contribution in [-0.2, 0) is 11.2 Å². The molecule has 0 fully saturated rings. The first-order valence-corrected chi connectivity index (χ1v) is 11.0. The van der Waals surface area contributed by atoms with Gasteiger partial charge >= 0.3 is 5.63 Å². The van der Waals surface area contributed by atoms with E-state index in [4.69, 9.17) is 9.15 Å². The maximum Gasteiger partial charge on any atom is 0.339 e. The van der Waals surface area contributed by atoms with Crippen LogP contribution in [0.4, 0.5) is 0 Å². The van der Waals surface area contributed by atoms with Crippen LogP contribution in [0.5, 0.6) is 5.75 Å². The smallest absolute Gasteiger partial charge is 0.339 e. The number of aryl methyl sites for hydroxylation is 2. The summed E-state index contributed by atoms with van der Waals surface area (Å²) < 4.78 is 10.7. The Morgan fingerprint density at radius 2 is 1.67 bits per heavy atom. The Kier molecular flexibility index (Phi) is 6.59. The highest BCUT2D eigenvalue weighted by Gasteiger charge is 2.18. The maximum atomic E-state index is 12.9. The van der Waals surface area contributed by atoms with E-state index in [-0.39, 0.29) is 18.4 Å². The second-order valence-electron chi connectivity index (χ2n) is 8.18. The van der Waals surface area contributed by atoms with Gasteiger partial charge in [-0.2, -0.15) is 0 Å². The molecular formula is C28H27NO4. The van der Waals surface area contributed by atoms with E-state index in [2.05, 4.69) is 5.32 Å². The molecule has 4 aromatic rings. The molecule has 0 saturated carbocycles. The summed E-state index contributed by atoms with van der Waals surface area (Å²) in [4.78, 5) is 25.6. The molecule has 1 aromatic heterocycles. The van der Waals surface area contributed by atoms with Gasteiger partial charge in [0.2, 0.25) is 5.91 Å². The zero-order valence-electron chi connectivity index (χ0n) is 19.1. The Balaban J connectivity index is 1.54. The number of ether oxygens (including phenoxy) is 1. The van der Waals surface area contributed by atoms with Crippen molar-refractivity contribution in [1.82, 2.24) is 5.32 Å². The van der Waals surface area contributed by atoms with E-state index in [0.29, 0.717) is 23.3 Å². The molecule has 5 nitrogen and oxygen atoms in total. The van der Waals surface area contributed by atoms with Gasteiger partial charge in [0.15, 0.2) is 0 Å². The first-order chi connectivity index (χ1) is 16.0. The van der Waals surface area contributed by atoms with Crippen molar-refractivity contribution >= 4 is 16.9 Å². The van der Waals surface area contributed by atoms with Crippen molar-refractivity contribution in [3.63, 3.8) is 0 Å². The van der Waals surface area contributed by atoms with Crippen LogP contribution in [-0.4, -0.2) is 13.0 Å². The van der Waals surface area contributed by atoms with Gasteiger partial charge in [-0.25, -0.2) is 4.79 Å². The van der Waals surface area contributed by atoms with Gasteiger partial charge in [0, 0.05) is 23.4 Å². The summed E-state index contributed by atoms with van der Waals surface area (Å²) in [5.74, 6) is 0.498. The predicted molar refractivity (Wildman–Crippen MR) is 130 cm³/mol. The van der Waals surface area contributed by atoms with Crippen molar-refractivity contribution in [2.75, 3.05) is 7.11 Å². The summed E-state index contributed by atoms with van der Waals surface area (Å²) >= 11 is 0. The van der Waals surface area contributed by atoms with Crippen LogP contribution in [0.3, 0.4) is 0 Å². The average Bonchev–Trinajstić information content (AvgIpc) is 2.83. The Bertz CT molecular complexity index is 1320. The van der Waals surface area contributed by atoms with Crippen LogP contribution in [0.25, 0.3) is 11.0 Å². The topological polar surface area (TPSA) is 68.5 Å². The van der Waals surface area contributed by atoms with Crippen LogP contribution in [0.15, 0.2) is 82.0 Å². The summed E-state index contributed by atoms with van der Waals surface area (Å²) in [7, 11) is 1.57. The van der Waals surface area contributed by atoms with E-state index < -0.39 is 5.63 Å². The normalized spacial score (nSPS) is 11.8. The molecule has 0 aliphatic carbocycles. The molecule has 33 heavy (non-hydrogen) atoms. The molecule has 0 aliphatic rings. The SMILES string of the molecule is COc1ccc2c(C)c(CCC(=O)NC(c3ccccc3)c3ccc(C)cc3)c(=O)oc2c1. The summed E-state index contributed by atoms with van der Waals surface area (Å²) in [6.07, 6.45) is 0.486. The van der Waals surface area contributed by atoms with Gasteiger partial charge < -0.3 is 14.5 Å². The quantitative estimate of drug-likeness (QED) is 0.398. The highest BCUT2D eigenvalue weighted by molar-refractivity contribution is 5.83. The first-order valence-electron chi connectivity index (χ1n) is 11.0. The van der Waals surface area contributed by atoms with E-state index in [1.165, 1.54) is 0 Å². The lowest BCUT2D eigenvalue weighted by molar-refractivity contribution is -0.121. The molecule has 0 bridgehead atoms. The summed E-state index contributed by atoms with van der Waals surface area (Å²) in [6, 6.07) is 23.2.